The summed E-state index contributed by atoms with van der Waals surface area (Å²) < 4.78 is 0. The summed E-state index contributed by atoms with van der Waals surface area (Å²) in [6.45, 7) is 0. The van der Waals surface area contributed by atoms with Gasteiger partial charge in [-0.2, -0.15) is 5.26 Å². The Hall–Kier alpha value is 0.0700. The fraction of sp³-hybridized carbons (Fsp3) is 0.857. The lowest BCUT2D eigenvalue weighted by molar-refractivity contribution is 0.440. The SMILES string of the molecule is N#CC1CCCC(Cl)C1Cl. The van der Waals surface area contributed by atoms with Crippen molar-refractivity contribution in [2.45, 2.75) is 30.0 Å². The lowest BCUT2D eigenvalue weighted by atomic mass is 9.89. The van der Waals surface area contributed by atoms with Crippen LogP contribution >= 0.6 is 23.2 Å². The van der Waals surface area contributed by atoms with Gasteiger partial charge in [-0.15, -0.1) is 23.2 Å². The Morgan fingerprint density at radius 1 is 1.30 bits per heavy atom. The van der Waals surface area contributed by atoms with Crippen LogP contribution in [0.2, 0.25) is 0 Å². The molecule has 1 saturated carbocycles. The molecule has 0 aromatic rings. The first-order valence-electron chi connectivity index (χ1n) is 3.43. The average Bonchev–Trinajstić information content (AvgIpc) is 1.95. The molecule has 0 spiro atoms. The van der Waals surface area contributed by atoms with Crippen molar-refractivity contribution in [3.05, 3.63) is 0 Å². The van der Waals surface area contributed by atoms with E-state index >= 15 is 0 Å². The van der Waals surface area contributed by atoms with Crippen LogP contribution in [-0.4, -0.2) is 10.8 Å². The van der Waals surface area contributed by atoms with E-state index in [2.05, 4.69) is 6.07 Å². The third kappa shape index (κ3) is 1.56. The van der Waals surface area contributed by atoms with Crippen molar-refractivity contribution < 1.29 is 0 Å². The first-order chi connectivity index (χ1) is 4.75. The number of hydrogen-bond donors (Lipinski definition) is 0. The number of hydrogen-bond acceptors (Lipinski definition) is 1. The van der Waals surface area contributed by atoms with E-state index in [9.17, 15) is 0 Å². The number of nitrogens with zero attached hydrogens (tertiary/aromatic N) is 1. The first-order valence-corrected chi connectivity index (χ1v) is 4.30. The molecule has 1 aliphatic carbocycles. The normalized spacial score (nSPS) is 40.7. The molecule has 1 nitrogen and oxygen atoms in total. The van der Waals surface area contributed by atoms with Gasteiger partial charge in [0.2, 0.25) is 0 Å². The van der Waals surface area contributed by atoms with Crippen molar-refractivity contribution in [3.8, 4) is 6.07 Å². The Bertz CT molecular complexity index is 152. The van der Waals surface area contributed by atoms with E-state index in [1.54, 1.807) is 0 Å². The molecule has 0 aliphatic heterocycles. The highest BCUT2D eigenvalue weighted by Crippen LogP contribution is 2.31. The van der Waals surface area contributed by atoms with Gasteiger partial charge in [-0.3, -0.25) is 0 Å². The molecular formula is C7H9Cl2N. The summed E-state index contributed by atoms with van der Waals surface area (Å²) in [5.41, 5.74) is 0. The summed E-state index contributed by atoms with van der Waals surface area (Å²) in [6, 6.07) is 2.17. The summed E-state index contributed by atoms with van der Waals surface area (Å²) in [4.78, 5) is 0. The highest BCUT2D eigenvalue weighted by atomic mass is 35.5. The molecule has 0 bridgehead atoms. The number of rotatable bonds is 0. The zero-order chi connectivity index (χ0) is 7.56. The van der Waals surface area contributed by atoms with E-state index in [0.29, 0.717) is 0 Å². The van der Waals surface area contributed by atoms with Crippen LogP contribution in [0.15, 0.2) is 0 Å². The van der Waals surface area contributed by atoms with Crippen LogP contribution in [0.5, 0.6) is 0 Å². The summed E-state index contributed by atoms with van der Waals surface area (Å²) in [7, 11) is 0. The van der Waals surface area contributed by atoms with E-state index < -0.39 is 0 Å². The smallest absolute Gasteiger partial charge is 0.0671 e. The van der Waals surface area contributed by atoms with Gasteiger partial charge in [-0.05, 0) is 12.8 Å². The molecule has 0 aromatic heterocycles. The van der Waals surface area contributed by atoms with E-state index in [1.807, 2.05) is 0 Å². The second-order valence-electron chi connectivity index (χ2n) is 2.63. The molecule has 56 valence electrons. The number of nitriles is 1. The van der Waals surface area contributed by atoms with E-state index in [-0.39, 0.29) is 16.7 Å². The third-order valence-corrected chi connectivity index (χ3v) is 3.12. The second kappa shape index (κ2) is 3.46. The van der Waals surface area contributed by atoms with Crippen LogP contribution in [0.3, 0.4) is 0 Å². The van der Waals surface area contributed by atoms with Crippen molar-refractivity contribution in [1.82, 2.24) is 0 Å². The lowest BCUT2D eigenvalue weighted by Crippen LogP contribution is -2.28. The van der Waals surface area contributed by atoms with Crippen LogP contribution in [0, 0.1) is 17.2 Å². The Labute approximate surface area is 70.9 Å². The summed E-state index contributed by atoms with van der Waals surface area (Å²) >= 11 is 11.7. The van der Waals surface area contributed by atoms with Crippen molar-refractivity contribution >= 4 is 23.2 Å². The quantitative estimate of drug-likeness (QED) is 0.523. The maximum Gasteiger partial charge on any atom is 0.0671 e. The van der Waals surface area contributed by atoms with E-state index in [1.165, 1.54) is 0 Å². The van der Waals surface area contributed by atoms with Crippen LogP contribution in [0.1, 0.15) is 19.3 Å². The van der Waals surface area contributed by atoms with Gasteiger partial charge in [-0.25, -0.2) is 0 Å². The predicted octanol–water partition coefficient (Wildman–Crippen LogP) is 2.52. The van der Waals surface area contributed by atoms with Gasteiger partial charge in [0.25, 0.3) is 0 Å². The Kier molecular flexibility index (Phi) is 2.82. The Morgan fingerprint density at radius 3 is 2.50 bits per heavy atom. The topological polar surface area (TPSA) is 23.8 Å². The van der Waals surface area contributed by atoms with Crippen molar-refractivity contribution in [2.24, 2.45) is 5.92 Å². The Balaban J connectivity index is 2.53. The highest BCUT2D eigenvalue weighted by molar-refractivity contribution is 6.30. The van der Waals surface area contributed by atoms with Gasteiger partial charge in [0, 0.05) is 0 Å². The zero-order valence-electron chi connectivity index (χ0n) is 5.56. The molecule has 1 rings (SSSR count). The fourth-order valence-electron chi connectivity index (χ4n) is 1.24. The fourth-order valence-corrected chi connectivity index (χ4v) is 1.88. The minimum absolute atomic E-state index is 0.0000617. The highest BCUT2D eigenvalue weighted by Gasteiger charge is 2.30. The largest absolute Gasteiger partial charge is 0.198 e. The third-order valence-electron chi connectivity index (χ3n) is 1.89. The van der Waals surface area contributed by atoms with Crippen LogP contribution in [-0.2, 0) is 0 Å². The second-order valence-corrected chi connectivity index (χ2v) is 3.69. The number of alkyl halides is 2. The van der Waals surface area contributed by atoms with Crippen LogP contribution in [0.4, 0.5) is 0 Å². The summed E-state index contributed by atoms with van der Waals surface area (Å²) in [5.74, 6) is -0.0297. The summed E-state index contributed by atoms with van der Waals surface area (Å²) in [6.07, 6.45) is 2.90. The molecule has 3 heteroatoms. The maximum absolute atomic E-state index is 8.59. The van der Waals surface area contributed by atoms with Crippen molar-refractivity contribution in [1.29, 1.82) is 5.26 Å². The van der Waals surface area contributed by atoms with Gasteiger partial charge >= 0.3 is 0 Å². The maximum atomic E-state index is 8.59. The standard InChI is InChI=1S/C7H9Cl2N/c8-6-3-1-2-5(4-10)7(6)9/h5-7H,1-3H2. The van der Waals surface area contributed by atoms with Gasteiger partial charge in [-0.1, -0.05) is 6.42 Å². The molecule has 0 N–H and O–H groups in total. The molecule has 1 aliphatic rings. The van der Waals surface area contributed by atoms with E-state index in [4.69, 9.17) is 28.5 Å². The van der Waals surface area contributed by atoms with Gasteiger partial charge in [0.1, 0.15) is 0 Å². The molecule has 0 heterocycles. The van der Waals surface area contributed by atoms with Gasteiger partial charge < -0.3 is 0 Å². The zero-order valence-corrected chi connectivity index (χ0v) is 7.07. The molecule has 0 aromatic carbocycles. The molecule has 0 radical (unpaired) electrons. The molecule has 10 heavy (non-hydrogen) atoms. The minimum Gasteiger partial charge on any atom is -0.198 e. The van der Waals surface area contributed by atoms with Crippen molar-refractivity contribution in [3.63, 3.8) is 0 Å². The molecule has 3 atom stereocenters. The monoisotopic (exact) mass is 177 g/mol. The Morgan fingerprint density at radius 2 is 2.00 bits per heavy atom. The number of halogens is 2. The van der Waals surface area contributed by atoms with Gasteiger partial charge in [0.15, 0.2) is 0 Å². The molecule has 1 fully saturated rings. The van der Waals surface area contributed by atoms with E-state index in [0.717, 1.165) is 19.3 Å². The molecule has 3 unspecified atom stereocenters. The molecular weight excluding hydrogens is 169 g/mol. The van der Waals surface area contributed by atoms with Crippen LogP contribution < -0.4 is 0 Å². The van der Waals surface area contributed by atoms with Crippen molar-refractivity contribution in [2.75, 3.05) is 0 Å². The summed E-state index contributed by atoms with van der Waals surface area (Å²) in [5, 5.41) is 8.45. The molecule has 0 amide bonds. The average molecular weight is 178 g/mol. The lowest BCUT2D eigenvalue weighted by Gasteiger charge is -2.25. The minimum atomic E-state index is -0.139. The van der Waals surface area contributed by atoms with Crippen LogP contribution in [0.25, 0.3) is 0 Å². The molecule has 0 saturated heterocycles. The first kappa shape index (κ1) is 8.17. The van der Waals surface area contributed by atoms with Gasteiger partial charge in [0.05, 0.1) is 22.7 Å². The predicted molar refractivity (Wildman–Crippen MR) is 42.2 cm³/mol.